The third-order valence-electron chi connectivity index (χ3n) is 3.04. The molecule has 1 heterocycles. The van der Waals surface area contributed by atoms with Crippen molar-refractivity contribution in [2.45, 2.75) is 12.5 Å². The molecule has 2 rings (SSSR count). The average molecular weight is 297 g/mol. The van der Waals surface area contributed by atoms with E-state index in [4.69, 9.17) is 31.3 Å². The van der Waals surface area contributed by atoms with Crippen molar-refractivity contribution in [2.75, 3.05) is 14.2 Å². The van der Waals surface area contributed by atoms with Gasteiger partial charge < -0.3 is 13.9 Å². The largest absolute Gasteiger partial charge is 0.493 e. The molecule has 0 fully saturated rings. The molecule has 3 N–H and O–H groups in total. The molecule has 1 aromatic carbocycles. The fourth-order valence-electron chi connectivity index (χ4n) is 2.04. The Bertz CT molecular complexity index is 558. The van der Waals surface area contributed by atoms with Gasteiger partial charge in [0.1, 0.15) is 5.76 Å². The lowest BCUT2D eigenvalue weighted by Gasteiger charge is -2.18. The molecule has 5 nitrogen and oxygen atoms in total. The van der Waals surface area contributed by atoms with E-state index in [9.17, 15) is 0 Å². The summed E-state index contributed by atoms with van der Waals surface area (Å²) < 4.78 is 15.8. The molecule has 0 spiro atoms. The first-order valence-corrected chi connectivity index (χ1v) is 6.47. The molecule has 0 aliphatic rings. The van der Waals surface area contributed by atoms with Gasteiger partial charge in [0.25, 0.3) is 0 Å². The van der Waals surface area contributed by atoms with Crippen LogP contribution in [0.5, 0.6) is 11.5 Å². The van der Waals surface area contributed by atoms with E-state index in [-0.39, 0.29) is 6.04 Å². The second-order valence-electron chi connectivity index (χ2n) is 4.24. The lowest BCUT2D eigenvalue weighted by molar-refractivity contribution is 0.353. The third-order valence-corrected chi connectivity index (χ3v) is 3.33. The summed E-state index contributed by atoms with van der Waals surface area (Å²) in [5, 5.41) is 0.474. The van der Waals surface area contributed by atoms with Crippen molar-refractivity contribution in [3.63, 3.8) is 0 Å². The number of hydrogen-bond donors (Lipinski definition) is 2. The lowest BCUT2D eigenvalue weighted by Crippen LogP contribution is -2.29. The first-order chi connectivity index (χ1) is 9.69. The molecule has 0 aliphatic heterocycles. The summed E-state index contributed by atoms with van der Waals surface area (Å²) in [6.07, 6.45) is 2.24. The Morgan fingerprint density at radius 1 is 1.35 bits per heavy atom. The molecule has 0 saturated heterocycles. The molecule has 0 amide bonds. The zero-order chi connectivity index (χ0) is 14.5. The molecule has 1 atom stereocenters. The predicted octanol–water partition coefficient (Wildman–Crippen LogP) is 2.70. The van der Waals surface area contributed by atoms with E-state index in [1.807, 2.05) is 18.2 Å². The van der Waals surface area contributed by atoms with Gasteiger partial charge in [-0.2, -0.15) is 0 Å². The highest BCUT2D eigenvalue weighted by Crippen LogP contribution is 2.38. The molecule has 20 heavy (non-hydrogen) atoms. The number of benzene rings is 1. The third kappa shape index (κ3) is 3.07. The van der Waals surface area contributed by atoms with Gasteiger partial charge >= 0.3 is 0 Å². The Morgan fingerprint density at radius 3 is 2.70 bits per heavy atom. The molecule has 0 radical (unpaired) electrons. The van der Waals surface area contributed by atoms with Crippen molar-refractivity contribution in [1.82, 2.24) is 5.43 Å². The van der Waals surface area contributed by atoms with Gasteiger partial charge in [-0.25, -0.2) is 0 Å². The van der Waals surface area contributed by atoms with E-state index >= 15 is 0 Å². The monoisotopic (exact) mass is 296 g/mol. The van der Waals surface area contributed by atoms with Crippen LogP contribution in [0.1, 0.15) is 17.4 Å². The summed E-state index contributed by atoms with van der Waals surface area (Å²) in [6.45, 7) is 0. The van der Waals surface area contributed by atoms with Crippen LogP contribution in [0.15, 0.2) is 34.9 Å². The Balaban J connectivity index is 2.32. The number of nitrogens with one attached hydrogen (secondary N) is 1. The van der Waals surface area contributed by atoms with E-state index in [1.54, 1.807) is 26.5 Å². The maximum atomic E-state index is 6.20. The number of ether oxygens (including phenoxy) is 2. The van der Waals surface area contributed by atoms with Crippen LogP contribution in [0.25, 0.3) is 0 Å². The number of hydrogen-bond acceptors (Lipinski definition) is 5. The second-order valence-corrected chi connectivity index (χ2v) is 4.65. The molecule has 1 unspecified atom stereocenters. The van der Waals surface area contributed by atoms with Gasteiger partial charge in [0.2, 0.25) is 0 Å². The normalized spacial score (nSPS) is 12.2. The standard InChI is InChI=1S/C14H17ClN2O3/c1-18-13-7-9(6-11(15)14(13)19-2)12(17-16)8-10-4-3-5-20-10/h3-7,12,17H,8,16H2,1-2H3. The van der Waals surface area contributed by atoms with Crippen LogP contribution in [0.3, 0.4) is 0 Å². The summed E-state index contributed by atoms with van der Waals surface area (Å²) in [6, 6.07) is 7.24. The van der Waals surface area contributed by atoms with Crippen LogP contribution in [-0.2, 0) is 6.42 Å². The van der Waals surface area contributed by atoms with Crippen molar-refractivity contribution in [3.05, 3.63) is 46.9 Å². The predicted molar refractivity (Wildman–Crippen MR) is 77.0 cm³/mol. The minimum Gasteiger partial charge on any atom is -0.493 e. The van der Waals surface area contributed by atoms with Crippen molar-refractivity contribution >= 4 is 11.6 Å². The second kappa shape index (κ2) is 6.65. The molecule has 0 bridgehead atoms. The molecular formula is C14H17ClN2O3. The number of methoxy groups -OCH3 is 2. The van der Waals surface area contributed by atoms with E-state index in [1.165, 1.54) is 0 Å². The van der Waals surface area contributed by atoms with Gasteiger partial charge in [-0.05, 0) is 29.8 Å². The van der Waals surface area contributed by atoms with Gasteiger partial charge in [-0.1, -0.05) is 11.6 Å². The van der Waals surface area contributed by atoms with Gasteiger partial charge in [0.15, 0.2) is 11.5 Å². The van der Waals surface area contributed by atoms with Gasteiger partial charge in [-0.15, -0.1) is 0 Å². The summed E-state index contributed by atoms with van der Waals surface area (Å²) in [5.74, 6) is 7.53. The highest BCUT2D eigenvalue weighted by atomic mass is 35.5. The molecule has 1 aromatic heterocycles. The Morgan fingerprint density at radius 2 is 2.15 bits per heavy atom. The van der Waals surface area contributed by atoms with Crippen LogP contribution >= 0.6 is 11.6 Å². The first kappa shape index (κ1) is 14.7. The highest BCUT2D eigenvalue weighted by Gasteiger charge is 2.18. The molecular weight excluding hydrogens is 280 g/mol. The summed E-state index contributed by atoms with van der Waals surface area (Å²) in [7, 11) is 3.11. The van der Waals surface area contributed by atoms with Crippen molar-refractivity contribution < 1.29 is 13.9 Å². The quantitative estimate of drug-likeness (QED) is 0.633. The first-order valence-electron chi connectivity index (χ1n) is 6.09. The molecule has 0 aliphatic carbocycles. The fourth-order valence-corrected chi connectivity index (χ4v) is 2.34. The van der Waals surface area contributed by atoms with Crippen LogP contribution in [0.4, 0.5) is 0 Å². The van der Waals surface area contributed by atoms with Gasteiger partial charge in [0.05, 0.1) is 31.5 Å². The van der Waals surface area contributed by atoms with Gasteiger partial charge in [-0.3, -0.25) is 11.3 Å². The fraction of sp³-hybridized carbons (Fsp3) is 0.286. The number of halogens is 1. The van der Waals surface area contributed by atoms with E-state index < -0.39 is 0 Å². The van der Waals surface area contributed by atoms with Crippen molar-refractivity contribution in [2.24, 2.45) is 5.84 Å². The SMILES string of the molecule is COc1cc(C(Cc2ccco2)NN)cc(Cl)c1OC. The molecule has 6 heteroatoms. The number of nitrogens with two attached hydrogens (primary N) is 1. The minimum absolute atomic E-state index is 0.140. The topological polar surface area (TPSA) is 69.7 Å². The summed E-state index contributed by atoms with van der Waals surface area (Å²) in [4.78, 5) is 0. The van der Waals surface area contributed by atoms with Crippen molar-refractivity contribution in [3.8, 4) is 11.5 Å². The maximum absolute atomic E-state index is 6.20. The molecule has 0 saturated carbocycles. The van der Waals surface area contributed by atoms with E-state index in [0.29, 0.717) is 22.9 Å². The van der Waals surface area contributed by atoms with Crippen LogP contribution in [0.2, 0.25) is 5.02 Å². The summed E-state index contributed by atoms with van der Waals surface area (Å²) >= 11 is 6.20. The minimum atomic E-state index is -0.140. The Kier molecular flexibility index (Phi) is 4.89. The zero-order valence-electron chi connectivity index (χ0n) is 11.4. The van der Waals surface area contributed by atoms with Crippen LogP contribution < -0.4 is 20.7 Å². The Hall–Kier alpha value is -1.69. The average Bonchev–Trinajstić information content (AvgIpc) is 2.96. The number of hydrazine groups is 1. The maximum Gasteiger partial charge on any atom is 0.179 e. The number of furan rings is 1. The zero-order valence-corrected chi connectivity index (χ0v) is 12.1. The number of rotatable bonds is 6. The highest BCUT2D eigenvalue weighted by molar-refractivity contribution is 6.32. The lowest BCUT2D eigenvalue weighted by atomic mass is 10.0. The Labute approximate surface area is 122 Å². The van der Waals surface area contributed by atoms with Crippen molar-refractivity contribution in [1.29, 1.82) is 0 Å². The van der Waals surface area contributed by atoms with Crippen LogP contribution in [0, 0.1) is 0 Å². The van der Waals surface area contributed by atoms with E-state index in [2.05, 4.69) is 5.43 Å². The van der Waals surface area contributed by atoms with E-state index in [0.717, 1.165) is 11.3 Å². The molecule has 2 aromatic rings. The smallest absolute Gasteiger partial charge is 0.179 e. The van der Waals surface area contributed by atoms with Gasteiger partial charge in [0, 0.05) is 6.42 Å². The summed E-state index contributed by atoms with van der Waals surface area (Å²) in [5.41, 5.74) is 3.65. The van der Waals surface area contributed by atoms with Crippen LogP contribution in [-0.4, -0.2) is 14.2 Å². The molecule has 108 valence electrons.